The molecule has 0 radical (unpaired) electrons. The molecule has 0 aliphatic rings. The van der Waals surface area contributed by atoms with E-state index in [9.17, 15) is 4.79 Å². The van der Waals surface area contributed by atoms with Crippen molar-refractivity contribution >= 4 is 16.9 Å². The summed E-state index contributed by atoms with van der Waals surface area (Å²) in [5.74, 6) is 2.45. The second-order valence-electron chi connectivity index (χ2n) is 9.07. The molecule has 0 aliphatic heterocycles. The second-order valence-corrected chi connectivity index (χ2v) is 9.07. The summed E-state index contributed by atoms with van der Waals surface area (Å²) in [6.07, 6.45) is 2.73. The van der Waals surface area contributed by atoms with E-state index in [1.54, 1.807) is 0 Å². The lowest BCUT2D eigenvalue weighted by Gasteiger charge is -2.13. The van der Waals surface area contributed by atoms with Crippen molar-refractivity contribution in [2.45, 2.75) is 52.5 Å². The highest BCUT2D eigenvalue weighted by molar-refractivity contribution is 5.95. The topological polar surface area (TPSA) is 56.1 Å². The fourth-order valence-electron chi connectivity index (χ4n) is 4.32. The molecule has 1 heterocycles. The number of para-hydroxylation sites is 2. The van der Waals surface area contributed by atoms with E-state index in [0.29, 0.717) is 19.1 Å². The number of aromatic nitrogens is 2. The van der Waals surface area contributed by atoms with Crippen LogP contribution >= 0.6 is 0 Å². The lowest BCUT2D eigenvalue weighted by Crippen LogP contribution is -2.25. The van der Waals surface area contributed by atoms with Gasteiger partial charge in [-0.2, -0.15) is 0 Å². The van der Waals surface area contributed by atoms with Crippen molar-refractivity contribution in [1.82, 2.24) is 14.9 Å². The number of hydrogen-bond acceptors (Lipinski definition) is 3. The smallest absolute Gasteiger partial charge is 0.251 e. The van der Waals surface area contributed by atoms with Crippen molar-refractivity contribution in [2.24, 2.45) is 0 Å². The molecule has 1 N–H and O–H groups in total. The van der Waals surface area contributed by atoms with Gasteiger partial charge in [0.15, 0.2) is 0 Å². The van der Waals surface area contributed by atoms with Crippen LogP contribution in [0.15, 0.2) is 72.8 Å². The number of ether oxygens (including phenoxy) is 1. The molecular formula is C30H35N3O2. The Kier molecular flexibility index (Phi) is 8.19. The Morgan fingerprint density at radius 1 is 1.03 bits per heavy atom. The van der Waals surface area contributed by atoms with Gasteiger partial charge in [0.05, 0.1) is 17.6 Å². The van der Waals surface area contributed by atoms with E-state index in [1.165, 1.54) is 5.56 Å². The van der Waals surface area contributed by atoms with Gasteiger partial charge in [-0.25, -0.2) is 4.98 Å². The molecule has 1 amide bonds. The monoisotopic (exact) mass is 469 g/mol. The molecule has 35 heavy (non-hydrogen) atoms. The largest absolute Gasteiger partial charge is 0.492 e. The molecule has 0 spiro atoms. The summed E-state index contributed by atoms with van der Waals surface area (Å²) in [5.41, 5.74) is 5.17. The Morgan fingerprint density at radius 2 is 1.77 bits per heavy atom. The van der Waals surface area contributed by atoms with Crippen LogP contribution in [0.2, 0.25) is 0 Å². The third-order valence-electron chi connectivity index (χ3n) is 6.63. The summed E-state index contributed by atoms with van der Waals surface area (Å²) in [7, 11) is 0. The molecule has 1 atom stereocenters. The minimum absolute atomic E-state index is 0.0237. The van der Waals surface area contributed by atoms with Crippen molar-refractivity contribution in [3.05, 3.63) is 95.3 Å². The van der Waals surface area contributed by atoms with Crippen molar-refractivity contribution in [3.63, 3.8) is 0 Å². The highest BCUT2D eigenvalue weighted by atomic mass is 16.5. The summed E-state index contributed by atoms with van der Waals surface area (Å²) in [6, 6.07) is 24.3. The van der Waals surface area contributed by atoms with Gasteiger partial charge in [-0.1, -0.05) is 56.3 Å². The molecule has 4 rings (SSSR count). The van der Waals surface area contributed by atoms with Gasteiger partial charge in [-0.05, 0) is 67.1 Å². The first-order chi connectivity index (χ1) is 17.1. The maximum Gasteiger partial charge on any atom is 0.251 e. The number of imidazole rings is 1. The van der Waals surface area contributed by atoms with Crippen molar-refractivity contribution < 1.29 is 9.53 Å². The van der Waals surface area contributed by atoms with Crippen molar-refractivity contribution in [3.8, 4) is 5.75 Å². The molecule has 1 aromatic heterocycles. The molecule has 0 saturated carbocycles. The van der Waals surface area contributed by atoms with Gasteiger partial charge in [0, 0.05) is 18.5 Å². The third-order valence-corrected chi connectivity index (χ3v) is 6.63. The second kappa shape index (κ2) is 11.7. The molecule has 5 heteroatoms. The maximum absolute atomic E-state index is 12.5. The van der Waals surface area contributed by atoms with E-state index < -0.39 is 0 Å². The Balaban J connectivity index is 1.35. The molecule has 1 unspecified atom stereocenters. The zero-order chi connectivity index (χ0) is 24.6. The normalized spacial score (nSPS) is 12.0. The van der Waals surface area contributed by atoms with Crippen LogP contribution in [-0.2, 0) is 13.0 Å². The zero-order valence-corrected chi connectivity index (χ0v) is 21.0. The van der Waals surface area contributed by atoms with E-state index >= 15 is 0 Å². The van der Waals surface area contributed by atoms with Crippen LogP contribution < -0.4 is 10.1 Å². The predicted molar refractivity (Wildman–Crippen MR) is 142 cm³/mol. The molecule has 4 aromatic rings. The first-order valence-electron chi connectivity index (χ1n) is 12.6. The number of carbonyl (C=O) groups excluding carboxylic acids is 1. The average Bonchev–Trinajstić information content (AvgIpc) is 3.24. The lowest BCUT2D eigenvalue weighted by molar-refractivity contribution is 0.0952. The summed E-state index contributed by atoms with van der Waals surface area (Å²) in [6.45, 7) is 8.31. The van der Waals surface area contributed by atoms with E-state index in [-0.39, 0.29) is 5.91 Å². The van der Waals surface area contributed by atoms with Crippen LogP contribution in [0.1, 0.15) is 59.9 Å². The average molecular weight is 470 g/mol. The Hall–Kier alpha value is -3.60. The maximum atomic E-state index is 12.5. The van der Waals surface area contributed by atoms with Gasteiger partial charge in [-0.15, -0.1) is 0 Å². The standard InChI is InChI=1S/C30H35N3O2/c1-4-22(2)24-15-17-25(18-16-24)35-21-20-33-28-13-8-7-12-27(28)32-29(33)14-9-19-31-30(34)26-11-6-5-10-23(26)3/h5-8,10-13,15-18,22H,4,9,14,19-21H2,1-3H3,(H,31,34). The Morgan fingerprint density at radius 3 is 2.54 bits per heavy atom. The van der Waals surface area contributed by atoms with Crippen LogP contribution in [0.3, 0.4) is 0 Å². The molecule has 0 fully saturated rings. The van der Waals surface area contributed by atoms with Gasteiger partial charge in [0.1, 0.15) is 18.2 Å². The summed E-state index contributed by atoms with van der Waals surface area (Å²) < 4.78 is 8.31. The summed E-state index contributed by atoms with van der Waals surface area (Å²) in [4.78, 5) is 17.3. The minimum atomic E-state index is -0.0237. The predicted octanol–water partition coefficient (Wildman–Crippen LogP) is 6.30. The van der Waals surface area contributed by atoms with E-state index in [0.717, 1.165) is 59.5 Å². The summed E-state index contributed by atoms with van der Waals surface area (Å²) >= 11 is 0. The Labute approximate surface area is 208 Å². The Bertz CT molecular complexity index is 1260. The number of nitrogens with zero attached hydrogens (tertiary/aromatic N) is 2. The number of nitrogens with one attached hydrogen (secondary N) is 1. The minimum Gasteiger partial charge on any atom is -0.492 e. The van der Waals surface area contributed by atoms with Gasteiger partial charge < -0.3 is 14.6 Å². The molecule has 0 saturated heterocycles. The van der Waals surface area contributed by atoms with Crippen LogP contribution in [0.25, 0.3) is 11.0 Å². The van der Waals surface area contributed by atoms with Gasteiger partial charge in [-0.3, -0.25) is 4.79 Å². The zero-order valence-electron chi connectivity index (χ0n) is 21.0. The van der Waals surface area contributed by atoms with E-state index in [4.69, 9.17) is 9.72 Å². The number of hydrogen-bond donors (Lipinski definition) is 1. The summed E-state index contributed by atoms with van der Waals surface area (Å²) in [5, 5.41) is 3.04. The van der Waals surface area contributed by atoms with Gasteiger partial charge in [0.2, 0.25) is 0 Å². The fourth-order valence-corrected chi connectivity index (χ4v) is 4.32. The van der Waals surface area contributed by atoms with E-state index in [2.05, 4.69) is 54.1 Å². The third kappa shape index (κ3) is 6.10. The highest BCUT2D eigenvalue weighted by Crippen LogP contribution is 2.22. The lowest BCUT2D eigenvalue weighted by atomic mass is 9.99. The molecule has 3 aromatic carbocycles. The highest BCUT2D eigenvalue weighted by Gasteiger charge is 2.12. The molecule has 5 nitrogen and oxygen atoms in total. The van der Waals surface area contributed by atoms with Crippen LogP contribution in [0.5, 0.6) is 5.75 Å². The number of benzene rings is 3. The fraction of sp³-hybridized carbons (Fsp3) is 0.333. The van der Waals surface area contributed by atoms with Crippen LogP contribution in [0, 0.1) is 6.92 Å². The van der Waals surface area contributed by atoms with Crippen LogP contribution in [0.4, 0.5) is 0 Å². The first-order valence-corrected chi connectivity index (χ1v) is 12.6. The van der Waals surface area contributed by atoms with Crippen molar-refractivity contribution in [1.29, 1.82) is 0 Å². The SMILES string of the molecule is CCC(C)c1ccc(OCCn2c(CCCNC(=O)c3ccccc3C)nc3ccccc32)cc1. The van der Waals surface area contributed by atoms with Gasteiger partial charge >= 0.3 is 0 Å². The number of carbonyl (C=O) groups is 1. The molecule has 0 bridgehead atoms. The number of rotatable bonds is 11. The number of fused-ring (bicyclic) bond motifs is 1. The number of aryl methyl sites for hydroxylation is 2. The van der Waals surface area contributed by atoms with Gasteiger partial charge in [0.25, 0.3) is 5.91 Å². The molecular weight excluding hydrogens is 434 g/mol. The molecule has 0 aliphatic carbocycles. The quantitative estimate of drug-likeness (QED) is 0.262. The number of amides is 1. The van der Waals surface area contributed by atoms with Crippen LogP contribution in [-0.4, -0.2) is 28.6 Å². The first kappa shape index (κ1) is 24.5. The van der Waals surface area contributed by atoms with Crippen molar-refractivity contribution in [2.75, 3.05) is 13.2 Å². The molecule has 182 valence electrons. The van der Waals surface area contributed by atoms with E-state index in [1.807, 2.05) is 49.4 Å².